The summed E-state index contributed by atoms with van der Waals surface area (Å²) in [6.07, 6.45) is 3.33. The van der Waals surface area contributed by atoms with Crippen LogP contribution in [0.4, 0.5) is 0 Å². The lowest BCUT2D eigenvalue weighted by Crippen LogP contribution is -2.55. The van der Waals surface area contributed by atoms with E-state index in [0.717, 1.165) is 5.56 Å². The van der Waals surface area contributed by atoms with E-state index in [1.807, 2.05) is 32.9 Å². The Balaban J connectivity index is 1.70. The van der Waals surface area contributed by atoms with Crippen LogP contribution < -0.4 is 10.9 Å². The first-order valence-electron chi connectivity index (χ1n) is 8.88. The molecule has 2 aliphatic heterocycles. The number of carbonyl (C=O) groups is 1. The number of pyridine rings is 1. The van der Waals surface area contributed by atoms with Crippen LogP contribution in [0, 0.1) is 5.41 Å². The van der Waals surface area contributed by atoms with Crippen LogP contribution in [0.15, 0.2) is 24.5 Å². The summed E-state index contributed by atoms with van der Waals surface area (Å²) < 4.78 is 27.9. The van der Waals surface area contributed by atoms with Crippen LogP contribution in [0.1, 0.15) is 32.4 Å². The average molecular weight is 382 g/mol. The Morgan fingerprint density at radius 2 is 1.77 bits per heavy atom. The molecule has 2 unspecified atom stereocenters. The van der Waals surface area contributed by atoms with Crippen molar-refractivity contribution in [3.05, 3.63) is 30.1 Å². The minimum Gasteiger partial charge on any atom is -0.340 e. The number of hydrogen-bond donors (Lipinski definition) is 2. The quantitative estimate of drug-likeness (QED) is 0.772. The van der Waals surface area contributed by atoms with Gasteiger partial charge in [-0.15, -0.1) is 0 Å². The molecular formula is C17H27N5O3S. The van der Waals surface area contributed by atoms with Gasteiger partial charge in [-0.2, -0.15) is 4.31 Å². The molecule has 2 aliphatic rings. The number of aromatic nitrogens is 1. The minimum atomic E-state index is -3.49. The molecule has 0 spiro atoms. The molecule has 2 saturated heterocycles. The van der Waals surface area contributed by atoms with Crippen molar-refractivity contribution in [1.29, 1.82) is 0 Å². The lowest BCUT2D eigenvalue weighted by molar-refractivity contribution is -0.140. The van der Waals surface area contributed by atoms with Gasteiger partial charge >= 0.3 is 0 Å². The Kier molecular flexibility index (Phi) is 5.34. The van der Waals surface area contributed by atoms with Gasteiger partial charge in [-0.3, -0.25) is 15.2 Å². The molecule has 0 radical (unpaired) electrons. The van der Waals surface area contributed by atoms with Gasteiger partial charge in [-0.1, -0.05) is 20.8 Å². The normalized spacial score (nSPS) is 25.4. The smallest absolute Gasteiger partial charge is 0.228 e. The van der Waals surface area contributed by atoms with E-state index in [-0.39, 0.29) is 11.9 Å². The summed E-state index contributed by atoms with van der Waals surface area (Å²) in [6, 6.07) is 3.33. The number of nitrogens with one attached hydrogen (secondary N) is 2. The van der Waals surface area contributed by atoms with E-state index >= 15 is 0 Å². The van der Waals surface area contributed by atoms with Crippen molar-refractivity contribution in [2.75, 3.05) is 32.7 Å². The summed E-state index contributed by atoms with van der Waals surface area (Å²) in [7, 11) is -3.49. The van der Waals surface area contributed by atoms with E-state index in [9.17, 15) is 13.2 Å². The lowest BCUT2D eigenvalue weighted by atomic mass is 9.94. The summed E-state index contributed by atoms with van der Waals surface area (Å²) in [5.41, 5.74) is 6.48. The zero-order valence-corrected chi connectivity index (χ0v) is 16.3. The molecule has 144 valence electrons. The van der Waals surface area contributed by atoms with E-state index in [0.29, 0.717) is 32.7 Å². The second-order valence-electron chi connectivity index (χ2n) is 7.81. The molecule has 26 heavy (non-hydrogen) atoms. The molecule has 0 bridgehead atoms. The Labute approximate surface area is 155 Å². The Morgan fingerprint density at radius 3 is 2.35 bits per heavy atom. The van der Waals surface area contributed by atoms with Crippen LogP contribution in [0.25, 0.3) is 0 Å². The third kappa shape index (κ3) is 3.75. The van der Waals surface area contributed by atoms with Gasteiger partial charge in [0.1, 0.15) is 5.25 Å². The standard InChI is InChI=1S/C17H27N5O3S/c1-17(2,3)16(23)21-8-10-22(11-9-21)26(24,25)14-12-19-20-15(14)13-4-6-18-7-5-13/h4-7,14-15,19-20H,8-12H2,1-3H3. The SMILES string of the molecule is CC(C)(C)C(=O)N1CCN(S(=O)(=O)C2CNNC2c2ccncc2)CC1. The van der Waals surface area contributed by atoms with Crippen molar-refractivity contribution < 1.29 is 13.2 Å². The average Bonchev–Trinajstić information content (AvgIpc) is 3.12. The van der Waals surface area contributed by atoms with Crippen molar-refractivity contribution in [2.45, 2.75) is 32.1 Å². The fraction of sp³-hybridized carbons (Fsp3) is 0.647. The highest BCUT2D eigenvalue weighted by Gasteiger charge is 2.43. The molecule has 2 fully saturated rings. The van der Waals surface area contributed by atoms with Crippen LogP contribution in [-0.4, -0.2) is 66.5 Å². The second kappa shape index (κ2) is 7.22. The van der Waals surface area contributed by atoms with Crippen molar-refractivity contribution >= 4 is 15.9 Å². The Bertz CT molecular complexity index is 739. The lowest BCUT2D eigenvalue weighted by Gasteiger charge is -2.38. The maximum absolute atomic E-state index is 13.2. The van der Waals surface area contributed by atoms with Gasteiger partial charge in [0.25, 0.3) is 0 Å². The summed E-state index contributed by atoms with van der Waals surface area (Å²) in [6.45, 7) is 7.53. The summed E-state index contributed by atoms with van der Waals surface area (Å²) in [5, 5.41) is -0.588. The van der Waals surface area contributed by atoms with Gasteiger partial charge in [-0.25, -0.2) is 13.8 Å². The fourth-order valence-electron chi connectivity index (χ4n) is 3.44. The first-order valence-corrected chi connectivity index (χ1v) is 10.4. The summed E-state index contributed by atoms with van der Waals surface area (Å²) >= 11 is 0. The van der Waals surface area contributed by atoms with Crippen molar-refractivity contribution in [1.82, 2.24) is 25.0 Å². The number of amides is 1. The van der Waals surface area contributed by atoms with Gasteiger partial charge in [-0.05, 0) is 17.7 Å². The topological polar surface area (TPSA) is 94.6 Å². The van der Waals surface area contributed by atoms with Crippen LogP contribution in [-0.2, 0) is 14.8 Å². The van der Waals surface area contributed by atoms with Crippen molar-refractivity contribution in [3.8, 4) is 0 Å². The molecule has 2 atom stereocenters. The Morgan fingerprint density at radius 1 is 1.15 bits per heavy atom. The molecule has 2 N–H and O–H groups in total. The monoisotopic (exact) mass is 381 g/mol. The molecule has 0 aliphatic carbocycles. The largest absolute Gasteiger partial charge is 0.340 e. The maximum atomic E-state index is 13.2. The van der Waals surface area contributed by atoms with E-state index in [1.165, 1.54) is 4.31 Å². The minimum absolute atomic E-state index is 0.0633. The fourth-order valence-corrected chi connectivity index (χ4v) is 5.36. The van der Waals surface area contributed by atoms with E-state index in [2.05, 4.69) is 15.8 Å². The predicted octanol–water partition coefficient (Wildman–Crippen LogP) is 0.119. The van der Waals surface area contributed by atoms with Crippen LogP contribution in [0.2, 0.25) is 0 Å². The van der Waals surface area contributed by atoms with Crippen molar-refractivity contribution in [3.63, 3.8) is 0 Å². The highest BCUT2D eigenvalue weighted by atomic mass is 32.2. The maximum Gasteiger partial charge on any atom is 0.228 e. The van der Waals surface area contributed by atoms with Gasteiger partial charge < -0.3 is 4.90 Å². The summed E-state index contributed by atoms with van der Waals surface area (Å²) in [4.78, 5) is 18.2. The van der Waals surface area contributed by atoms with Crippen molar-refractivity contribution in [2.24, 2.45) is 5.41 Å². The first-order chi connectivity index (χ1) is 12.2. The zero-order chi connectivity index (χ0) is 18.9. The van der Waals surface area contributed by atoms with E-state index in [1.54, 1.807) is 17.3 Å². The van der Waals surface area contributed by atoms with Gasteiger partial charge in [0.15, 0.2) is 0 Å². The number of sulfonamides is 1. The van der Waals surface area contributed by atoms with E-state index < -0.39 is 20.7 Å². The molecule has 1 aromatic heterocycles. The highest BCUT2D eigenvalue weighted by molar-refractivity contribution is 7.89. The highest BCUT2D eigenvalue weighted by Crippen LogP contribution is 2.28. The zero-order valence-electron chi connectivity index (χ0n) is 15.5. The molecule has 0 saturated carbocycles. The predicted molar refractivity (Wildman–Crippen MR) is 98.4 cm³/mol. The third-order valence-corrected chi connectivity index (χ3v) is 7.20. The molecule has 3 rings (SSSR count). The van der Waals surface area contributed by atoms with Crippen LogP contribution >= 0.6 is 0 Å². The molecule has 3 heterocycles. The molecular weight excluding hydrogens is 354 g/mol. The van der Waals surface area contributed by atoms with Gasteiger partial charge in [0, 0.05) is 50.5 Å². The molecule has 9 heteroatoms. The molecule has 0 aromatic carbocycles. The second-order valence-corrected chi connectivity index (χ2v) is 9.96. The molecule has 8 nitrogen and oxygen atoms in total. The van der Waals surface area contributed by atoms with Crippen LogP contribution in [0.3, 0.4) is 0 Å². The third-order valence-electron chi connectivity index (χ3n) is 4.91. The first kappa shape index (κ1) is 19.2. The number of hydrazine groups is 1. The van der Waals surface area contributed by atoms with E-state index in [4.69, 9.17) is 0 Å². The molecule has 1 amide bonds. The summed E-state index contributed by atoms with van der Waals surface area (Å²) in [5.74, 6) is 0.0633. The number of carbonyl (C=O) groups excluding carboxylic acids is 1. The van der Waals surface area contributed by atoms with Gasteiger partial charge in [0.2, 0.25) is 15.9 Å². The number of hydrogen-bond acceptors (Lipinski definition) is 6. The van der Waals surface area contributed by atoms with Gasteiger partial charge in [0.05, 0.1) is 6.04 Å². The Hall–Kier alpha value is -1.55. The number of nitrogens with zero attached hydrogens (tertiary/aromatic N) is 3. The molecule has 1 aromatic rings. The number of piperazine rings is 1. The van der Waals surface area contributed by atoms with Crippen LogP contribution in [0.5, 0.6) is 0 Å². The number of rotatable bonds is 3.